The SMILES string of the molecule is Cc1ccc(C(=O)N2CCCC2C2CCCNC2)cc1F. The van der Waals surface area contributed by atoms with E-state index in [2.05, 4.69) is 5.32 Å². The van der Waals surface area contributed by atoms with Crippen LogP contribution in [0.2, 0.25) is 0 Å². The van der Waals surface area contributed by atoms with Crippen LogP contribution in [0.15, 0.2) is 18.2 Å². The number of hydrogen-bond acceptors (Lipinski definition) is 2. The molecular formula is C17H23FN2O. The molecule has 21 heavy (non-hydrogen) atoms. The van der Waals surface area contributed by atoms with Crippen LogP contribution < -0.4 is 5.32 Å². The molecule has 3 nitrogen and oxygen atoms in total. The van der Waals surface area contributed by atoms with Crippen LogP contribution in [-0.2, 0) is 0 Å². The number of carbonyl (C=O) groups is 1. The van der Waals surface area contributed by atoms with Gasteiger partial charge >= 0.3 is 0 Å². The topological polar surface area (TPSA) is 32.3 Å². The Balaban J connectivity index is 1.77. The van der Waals surface area contributed by atoms with E-state index in [0.29, 0.717) is 23.1 Å². The van der Waals surface area contributed by atoms with Crippen molar-refractivity contribution in [2.45, 2.75) is 38.6 Å². The Kier molecular flexibility index (Phi) is 4.24. The second-order valence-electron chi connectivity index (χ2n) is 6.28. The molecule has 4 heteroatoms. The molecule has 2 fully saturated rings. The number of nitrogens with one attached hydrogen (secondary N) is 1. The first kappa shape index (κ1) is 14.5. The summed E-state index contributed by atoms with van der Waals surface area (Å²) in [5.41, 5.74) is 1.06. The summed E-state index contributed by atoms with van der Waals surface area (Å²) in [6.07, 6.45) is 4.50. The number of nitrogens with zero attached hydrogens (tertiary/aromatic N) is 1. The van der Waals surface area contributed by atoms with E-state index in [0.717, 1.165) is 32.5 Å². The molecule has 3 rings (SSSR count). The lowest BCUT2D eigenvalue weighted by molar-refractivity contribution is 0.0670. The Morgan fingerprint density at radius 3 is 2.90 bits per heavy atom. The van der Waals surface area contributed by atoms with Crippen LogP contribution in [-0.4, -0.2) is 36.5 Å². The van der Waals surface area contributed by atoms with Crippen molar-refractivity contribution in [2.75, 3.05) is 19.6 Å². The summed E-state index contributed by atoms with van der Waals surface area (Å²) in [6.45, 7) is 4.60. The third-order valence-electron chi connectivity index (χ3n) is 4.86. The van der Waals surface area contributed by atoms with Gasteiger partial charge in [0.2, 0.25) is 0 Å². The van der Waals surface area contributed by atoms with Crippen molar-refractivity contribution in [3.8, 4) is 0 Å². The highest BCUT2D eigenvalue weighted by Gasteiger charge is 2.35. The Hall–Kier alpha value is -1.42. The Morgan fingerprint density at radius 2 is 2.19 bits per heavy atom. The first-order valence-electron chi connectivity index (χ1n) is 7.94. The zero-order chi connectivity index (χ0) is 14.8. The average molecular weight is 290 g/mol. The van der Waals surface area contributed by atoms with Crippen molar-refractivity contribution in [1.29, 1.82) is 0 Å². The highest BCUT2D eigenvalue weighted by Crippen LogP contribution is 2.29. The molecule has 1 aromatic carbocycles. The number of aryl methyl sites for hydroxylation is 1. The Morgan fingerprint density at radius 1 is 1.33 bits per heavy atom. The Bertz CT molecular complexity index is 526. The maximum Gasteiger partial charge on any atom is 0.254 e. The number of hydrogen-bond donors (Lipinski definition) is 1. The Labute approximate surface area is 125 Å². The van der Waals surface area contributed by atoms with E-state index < -0.39 is 0 Å². The third kappa shape index (κ3) is 2.95. The van der Waals surface area contributed by atoms with E-state index in [1.54, 1.807) is 19.1 Å². The van der Waals surface area contributed by atoms with Gasteiger partial charge in [-0.2, -0.15) is 0 Å². The third-order valence-corrected chi connectivity index (χ3v) is 4.86. The van der Waals surface area contributed by atoms with Gasteiger partial charge in [-0.25, -0.2) is 4.39 Å². The number of amides is 1. The van der Waals surface area contributed by atoms with Crippen molar-refractivity contribution in [1.82, 2.24) is 10.2 Å². The molecule has 114 valence electrons. The molecule has 0 bridgehead atoms. The predicted octanol–water partition coefficient (Wildman–Crippen LogP) is 2.74. The maximum atomic E-state index is 13.7. The van der Waals surface area contributed by atoms with E-state index >= 15 is 0 Å². The molecule has 2 aliphatic rings. The first-order chi connectivity index (χ1) is 10.2. The van der Waals surface area contributed by atoms with Gasteiger partial charge in [0.1, 0.15) is 5.82 Å². The average Bonchev–Trinajstić information content (AvgIpc) is 2.99. The zero-order valence-electron chi connectivity index (χ0n) is 12.6. The highest BCUT2D eigenvalue weighted by atomic mass is 19.1. The minimum absolute atomic E-state index is 0.0121. The second-order valence-corrected chi connectivity index (χ2v) is 6.28. The van der Waals surface area contributed by atoms with Gasteiger partial charge in [0.15, 0.2) is 0 Å². The quantitative estimate of drug-likeness (QED) is 0.908. The molecule has 2 heterocycles. The molecule has 0 radical (unpaired) electrons. The molecule has 1 amide bonds. The molecule has 0 aromatic heterocycles. The van der Waals surface area contributed by atoms with Crippen LogP contribution in [0.5, 0.6) is 0 Å². The van der Waals surface area contributed by atoms with E-state index in [4.69, 9.17) is 0 Å². The lowest BCUT2D eigenvalue weighted by Gasteiger charge is -2.34. The zero-order valence-corrected chi connectivity index (χ0v) is 12.6. The normalized spacial score (nSPS) is 26.1. The number of benzene rings is 1. The molecule has 0 spiro atoms. The minimum Gasteiger partial charge on any atom is -0.335 e. The fourth-order valence-corrected chi connectivity index (χ4v) is 3.63. The van der Waals surface area contributed by atoms with Crippen LogP contribution in [0.25, 0.3) is 0 Å². The smallest absolute Gasteiger partial charge is 0.254 e. The minimum atomic E-state index is -0.295. The van der Waals surface area contributed by atoms with E-state index in [1.807, 2.05) is 4.90 Å². The molecule has 2 atom stereocenters. The molecule has 2 unspecified atom stereocenters. The van der Waals surface area contributed by atoms with Crippen molar-refractivity contribution in [2.24, 2.45) is 5.92 Å². The molecule has 2 saturated heterocycles. The molecule has 2 aliphatic heterocycles. The number of halogens is 1. The summed E-state index contributed by atoms with van der Waals surface area (Å²) in [7, 11) is 0. The van der Waals surface area contributed by atoms with Crippen molar-refractivity contribution in [3.05, 3.63) is 35.1 Å². The van der Waals surface area contributed by atoms with Crippen molar-refractivity contribution >= 4 is 5.91 Å². The van der Waals surface area contributed by atoms with Gasteiger partial charge in [-0.05, 0) is 69.3 Å². The lowest BCUT2D eigenvalue weighted by Crippen LogP contribution is -2.45. The molecule has 0 aliphatic carbocycles. The number of rotatable bonds is 2. The standard InChI is InChI=1S/C17H23FN2O/c1-12-6-7-13(10-15(12)18)17(21)20-9-3-5-16(20)14-4-2-8-19-11-14/h6-7,10,14,16,19H,2-5,8-9,11H2,1H3. The molecule has 1 N–H and O–H groups in total. The molecular weight excluding hydrogens is 267 g/mol. The summed E-state index contributed by atoms with van der Waals surface area (Å²) < 4.78 is 13.7. The van der Waals surface area contributed by atoms with Crippen LogP contribution in [0, 0.1) is 18.7 Å². The van der Waals surface area contributed by atoms with Gasteiger partial charge < -0.3 is 10.2 Å². The van der Waals surface area contributed by atoms with Gasteiger partial charge in [-0.1, -0.05) is 6.07 Å². The maximum absolute atomic E-state index is 13.7. The van der Waals surface area contributed by atoms with E-state index in [9.17, 15) is 9.18 Å². The second kappa shape index (κ2) is 6.14. The van der Waals surface area contributed by atoms with E-state index in [-0.39, 0.29) is 11.7 Å². The number of piperidine rings is 1. The number of carbonyl (C=O) groups excluding carboxylic acids is 1. The van der Waals surface area contributed by atoms with Gasteiger partial charge in [-0.3, -0.25) is 4.79 Å². The van der Waals surface area contributed by atoms with Crippen LogP contribution >= 0.6 is 0 Å². The summed E-state index contributed by atoms with van der Waals surface area (Å²) in [4.78, 5) is 14.7. The van der Waals surface area contributed by atoms with Gasteiger partial charge in [0, 0.05) is 18.2 Å². The van der Waals surface area contributed by atoms with Crippen LogP contribution in [0.1, 0.15) is 41.6 Å². The number of likely N-dealkylation sites (tertiary alicyclic amines) is 1. The molecule has 0 saturated carbocycles. The van der Waals surface area contributed by atoms with Crippen LogP contribution in [0.4, 0.5) is 4.39 Å². The predicted molar refractivity (Wildman–Crippen MR) is 80.8 cm³/mol. The van der Waals surface area contributed by atoms with Crippen LogP contribution in [0.3, 0.4) is 0 Å². The molecule has 1 aromatic rings. The summed E-state index contributed by atoms with van der Waals surface area (Å²) in [5, 5.41) is 3.43. The van der Waals surface area contributed by atoms with Gasteiger partial charge in [-0.15, -0.1) is 0 Å². The lowest BCUT2D eigenvalue weighted by atomic mass is 9.90. The fourth-order valence-electron chi connectivity index (χ4n) is 3.63. The first-order valence-corrected chi connectivity index (χ1v) is 7.94. The monoisotopic (exact) mass is 290 g/mol. The van der Waals surface area contributed by atoms with Gasteiger partial charge in [0.25, 0.3) is 5.91 Å². The summed E-state index contributed by atoms with van der Waals surface area (Å²) in [6, 6.07) is 5.13. The fraction of sp³-hybridized carbons (Fsp3) is 0.588. The van der Waals surface area contributed by atoms with Gasteiger partial charge in [0.05, 0.1) is 0 Å². The van der Waals surface area contributed by atoms with Crippen molar-refractivity contribution < 1.29 is 9.18 Å². The summed E-state index contributed by atoms with van der Waals surface area (Å²) in [5.74, 6) is 0.235. The van der Waals surface area contributed by atoms with Crippen molar-refractivity contribution in [3.63, 3.8) is 0 Å². The van der Waals surface area contributed by atoms with E-state index in [1.165, 1.54) is 18.9 Å². The summed E-state index contributed by atoms with van der Waals surface area (Å²) >= 11 is 0. The highest BCUT2D eigenvalue weighted by molar-refractivity contribution is 5.94. The largest absolute Gasteiger partial charge is 0.335 e.